The van der Waals surface area contributed by atoms with Gasteiger partial charge in [-0.05, 0) is 30.2 Å². The number of carbonyl (C=O) groups excluding carboxylic acids is 1. The van der Waals surface area contributed by atoms with Gasteiger partial charge < -0.3 is 14.8 Å². The molecule has 0 saturated carbocycles. The molecule has 0 spiro atoms. The van der Waals surface area contributed by atoms with Gasteiger partial charge >= 0.3 is 0 Å². The summed E-state index contributed by atoms with van der Waals surface area (Å²) in [5, 5.41) is 7.33. The molecule has 0 radical (unpaired) electrons. The van der Waals surface area contributed by atoms with E-state index in [2.05, 4.69) is 15.4 Å². The zero-order chi connectivity index (χ0) is 19.6. The van der Waals surface area contributed by atoms with Gasteiger partial charge in [-0.2, -0.15) is 5.10 Å². The van der Waals surface area contributed by atoms with Crippen molar-refractivity contribution >= 4 is 11.6 Å². The van der Waals surface area contributed by atoms with Crippen molar-refractivity contribution in [2.75, 3.05) is 13.3 Å². The van der Waals surface area contributed by atoms with Gasteiger partial charge in [0.2, 0.25) is 6.79 Å². The maximum atomic E-state index is 12.7. The Morgan fingerprint density at radius 2 is 1.93 bits per heavy atom. The lowest BCUT2D eigenvalue weighted by Gasteiger charge is -2.06. The zero-order valence-corrected chi connectivity index (χ0v) is 15.5. The summed E-state index contributed by atoms with van der Waals surface area (Å²) in [6.45, 7) is 0.746. The van der Waals surface area contributed by atoms with E-state index in [-0.39, 0.29) is 12.7 Å². The molecule has 2 aromatic heterocycles. The van der Waals surface area contributed by atoms with E-state index in [1.165, 1.54) is 0 Å². The zero-order valence-electron chi connectivity index (χ0n) is 15.5. The monoisotopic (exact) mass is 386 g/mol. The predicted octanol–water partition coefficient (Wildman–Crippen LogP) is 3.10. The molecule has 144 valence electrons. The molecule has 0 unspecified atom stereocenters. The normalized spacial score (nSPS) is 12.3. The van der Waals surface area contributed by atoms with Crippen molar-refractivity contribution in [3.63, 3.8) is 0 Å². The Hall–Kier alpha value is -3.87. The topological polar surface area (TPSA) is 77.8 Å². The van der Waals surface area contributed by atoms with Gasteiger partial charge in [-0.3, -0.25) is 4.79 Å². The molecule has 1 N–H and O–H groups in total. The number of carbonyl (C=O) groups is 1. The number of benzene rings is 2. The summed E-state index contributed by atoms with van der Waals surface area (Å²) in [5.74, 6) is 1.30. The minimum absolute atomic E-state index is 0.196. The van der Waals surface area contributed by atoms with Crippen molar-refractivity contribution in [1.82, 2.24) is 19.9 Å². The number of fused-ring (bicyclic) bond motifs is 2. The summed E-state index contributed by atoms with van der Waals surface area (Å²) in [4.78, 5) is 17.1. The van der Waals surface area contributed by atoms with Crippen molar-refractivity contribution in [2.24, 2.45) is 0 Å². The van der Waals surface area contributed by atoms with Crippen LogP contribution in [0, 0.1) is 0 Å². The molecule has 2 aromatic carbocycles. The molecule has 1 amide bonds. The lowest BCUT2D eigenvalue weighted by molar-refractivity contribution is 0.0955. The average molecular weight is 386 g/mol. The molecule has 4 aromatic rings. The summed E-state index contributed by atoms with van der Waals surface area (Å²) in [6, 6.07) is 17.6. The second kappa shape index (κ2) is 7.27. The summed E-state index contributed by atoms with van der Waals surface area (Å²) in [6.07, 6.45) is 3.94. The Balaban J connectivity index is 1.31. The largest absolute Gasteiger partial charge is 0.454 e. The summed E-state index contributed by atoms with van der Waals surface area (Å²) >= 11 is 0. The molecule has 0 saturated heterocycles. The molecule has 3 heterocycles. The first kappa shape index (κ1) is 17.2. The first-order valence-corrected chi connectivity index (χ1v) is 9.34. The van der Waals surface area contributed by atoms with Crippen molar-refractivity contribution in [2.45, 2.75) is 6.42 Å². The highest BCUT2D eigenvalue weighted by Gasteiger charge is 2.16. The molecule has 0 bridgehead atoms. The molecule has 0 atom stereocenters. The molecule has 7 heteroatoms. The number of rotatable bonds is 5. The van der Waals surface area contributed by atoms with Crippen LogP contribution in [0.2, 0.25) is 0 Å². The number of nitrogens with one attached hydrogen (secondary N) is 1. The Kier molecular flexibility index (Phi) is 4.32. The molecule has 1 aliphatic rings. The summed E-state index contributed by atoms with van der Waals surface area (Å²) < 4.78 is 12.4. The highest BCUT2D eigenvalue weighted by atomic mass is 16.7. The molecule has 7 nitrogen and oxygen atoms in total. The van der Waals surface area contributed by atoms with Crippen molar-refractivity contribution in [3.8, 4) is 22.8 Å². The van der Waals surface area contributed by atoms with E-state index in [1.54, 1.807) is 16.9 Å². The van der Waals surface area contributed by atoms with E-state index in [0.29, 0.717) is 24.2 Å². The molecular weight excluding hydrogens is 368 g/mol. The summed E-state index contributed by atoms with van der Waals surface area (Å²) in [5.41, 5.74) is 3.95. The molecule has 1 aliphatic heterocycles. The number of nitrogens with zero attached hydrogens (tertiary/aromatic N) is 3. The highest BCUT2D eigenvalue weighted by Crippen LogP contribution is 2.32. The average Bonchev–Trinajstić information content (AvgIpc) is 3.40. The Morgan fingerprint density at radius 3 is 2.83 bits per heavy atom. The van der Waals surface area contributed by atoms with Crippen LogP contribution in [0.15, 0.2) is 67.0 Å². The van der Waals surface area contributed by atoms with Gasteiger partial charge in [0.1, 0.15) is 5.56 Å². The van der Waals surface area contributed by atoms with Gasteiger partial charge in [-0.1, -0.05) is 36.4 Å². The third-order valence-electron chi connectivity index (χ3n) is 4.85. The third-order valence-corrected chi connectivity index (χ3v) is 4.85. The molecule has 0 fully saturated rings. The Labute approximate surface area is 166 Å². The van der Waals surface area contributed by atoms with Crippen LogP contribution in [0.5, 0.6) is 11.5 Å². The van der Waals surface area contributed by atoms with Crippen LogP contribution in [0.25, 0.3) is 16.9 Å². The minimum atomic E-state index is -0.196. The van der Waals surface area contributed by atoms with E-state index >= 15 is 0 Å². The fourth-order valence-electron chi connectivity index (χ4n) is 3.39. The van der Waals surface area contributed by atoms with Crippen LogP contribution in [-0.4, -0.2) is 33.8 Å². The highest BCUT2D eigenvalue weighted by molar-refractivity contribution is 5.99. The first-order valence-electron chi connectivity index (χ1n) is 9.34. The van der Waals surface area contributed by atoms with E-state index < -0.39 is 0 Å². The smallest absolute Gasteiger partial charge is 0.256 e. The van der Waals surface area contributed by atoms with Gasteiger partial charge in [-0.15, -0.1) is 0 Å². The lowest BCUT2D eigenvalue weighted by Crippen LogP contribution is -2.25. The number of hydrogen-bond donors (Lipinski definition) is 1. The van der Waals surface area contributed by atoms with Gasteiger partial charge in [0.25, 0.3) is 5.91 Å². The van der Waals surface area contributed by atoms with Gasteiger partial charge in [0.05, 0.1) is 11.9 Å². The first-order chi connectivity index (χ1) is 14.3. The maximum absolute atomic E-state index is 12.7. The SMILES string of the molecule is O=C(NCCc1ccc2c(c1)OCO2)c1cnn2c(-c3ccccc3)ccnc12. The predicted molar refractivity (Wildman–Crippen MR) is 107 cm³/mol. The summed E-state index contributed by atoms with van der Waals surface area (Å²) in [7, 11) is 0. The van der Waals surface area contributed by atoms with Crippen LogP contribution >= 0.6 is 0 Å². The fourth-order valence-corrected chi connectivity index (χ4v) is 3.39. The number of ether oxygens (including phenoxy) is 2. The lowest BCUT2D eigenvalue weighted by atomic mass is 10.1. The number of aromatic nitrogens is 3. The maximum Gasteiger partial charge on any atom is 0.256 e. The van der Waals surface area contributed by atoms with Gasteiger partial charge in [0.15, 0.2) is 17.1 Å². The molecule has 29 heavy (non-hydrogen) atoms. The van der Waals surface area contributed by atoms with E-state index in [9.17, 15) is 4.79 Å². The van der Waals surface area contributed by atoms with Crippen molar-refractivity contribution < 1.29 is 14.3 Å². The fraction of sp³-hybridized carbons (Fsp3) is 0.136. The standard InChI is InChI=1S/C22H18N4O3/c27-22(24-10-8-15-6-7-19-20(12-15)29-14-28-19)17-13-25-26-18(9-11-23-21(17)26)16-4-2-1-3-5-16/h1-7,9,11-13H,8,10,14H2,(H,24,27). The Morgan fingerprint density at radius 1 is 1.07 bits per heavy atom. The van der Waals surface area contributed by atoms with Crippen LogP contribution in [0.1, 0.15) is 15.9 Å². The third kappa shape index (κ3) is 3.27. The van der Waals surface area contributed by atoms with E-state index in [4.69, 9.17) is 9.47 Å². The second-order valence-corrected chi connectivity index (χ2v) is 6.68. The minimum Gasteiger partial charge on any atom is -0.454 e. The van der Waals surface area contributed by atoms with Gasteiger partial charge in [0, 0.05) is 18.3 Å². The quantitative estimate of drug-likeness (QED) is 0.570. The van der Waals surface area contributed by atoms with E-state index in [0.717, 1.165) is 28.3 Å². The number of hydrogen-bond acceptors (Lipinski definition) is 5. The molecular formula is C22H18N4O3. The van der Waals surface area contributed by atoms with Gasteiger partial charge in [-0.25, -0.2) is 9.50 Å². The van der Waals surface area contributed by atoms with Crippen LogP contribution < -0.4 is 14.8 Å². The van der Waals surface area contributed by atoms with Crippen LogP contribution in [0.3, 0.4) is 0 Å². The van der Waals surface area contributed by atoms with Crippen molar-refractivity contribution in [1.29, 1.82) is 0 Å². The molecule has 5 rings (SSSR count). The second-order valence-electron chi connectivity index (χ2n) is 6.68. The van der Waals surface area contributed by atoms with Crippen LogP contribution in [-0.2, 0) is 6.42 Å². The van der Waals surface area contributed by atoms with Crippen LogP contribution in [0.4, 0.5) is 0 Å². The van der Waals surface area contributed by atoms with Crippen molar-refractivity contribution in [3.05, 3.63) is 78.1 Å². The van der Waals surface area contributed by atoms with E-state index in [1.807, 2.05) is 54.6 Å². The number of amides is 1. The Bertz CT molecular complexity index is 1190. The molecule has 0 aliphatic carbocycles.